The summed E-state index contributed by atoms with van der Waals surface area (Å²) in [6.07, 6.45) is 3.85. The van der Waals surface area contributed by atoms with Gasteiger partial charge in [0.15, 0.2) is 0 Å². The second kappa shape index (κ2) is 7.93. The van der Waals surface area contributed by atoms with Gasteiger partial charge in [0.2, 0.25) is 0 Å². The largest absolute Gasteiger partial charge is 0.507 e. The van der Waals surface area contributed by atoms with E-state index in [1.54, 1.807) is 12.3 Å². The molecule has 0 atom stereocenters. The van der Waals surface area contributed by atoms with Gasteiger partial charge in [-0.25, -0.2) is 4.98 Å². The Morgan fingerprint density at radius 2 is 1.69 bits per heavy atom. The van der Waals surface area contributed by atoms with Crippen molar-refractivity contribution < 1.29 is 5.11 Å². The maximum absolute atomic E-state index is 10.8. The third kappa shape index (κ3) is 4.37. The highest BCUT2D eigenvalue weighted by Crippen LogP contribution is 2.37. The summed E-state index contributed by atoms with van der Waals surface area (Å²) in [6, 6.07) is 12.1. The average Bonchev–Trinajstić information content (AvgIpc) is 2.70. The van der Waals surface area contributed by atoms with Gasteiger partial charge >= 0.3 is 0 Å². The van der Waals surface area contributed by atoms with Gasteiger partial charge in [-0.2, -0.15) is 0 Å². The van der Waals surface area contributed by atoms with E-state index in [9.17, 15) is 5.11 Å². The van der Waals surface area contributed by atoms with Crippen LogP contribution in [-0.2, 0) is 0 Å². The summed E-state index contributed by atoms with van der Waals surface area (Å²) in [5, 5.41) is 15.5. The standard InChI is InChI=1S/C26H35N5O/c1-25(2)15-17(16-26(3,4)29-25)31(7)24-10-8-9-20(28-24)19-13-18-21(14-23(19)32)27-12-11-22(18)30(5)6/h8-14,17,29,32H,15-16H2,1-7H3. The van der Waals surface area contributed by atoms with Crippen LogP contribution in [0.3, 0.4) is 0 Å². The third-order valence-corrected chi connectivity index (χ3v) is 6.41. The van der Waals surface area contributed by atoms with Crippen LogP contribution >= 0.6 is 0 Å². The van der Waals surface area contributed by atoms with Gasteiger partial charge in [-0.15, -0.1) is 0 Å². The average molecular weight is 434 g/mol. The first kappa shape index (κ1) is 22.3. The van der Waals surface area contributed by atoms with Gasteiger partial charge in [-0.05, 0) is 64.8 Å². The van der Waals surface area contributed by atoms with Crippen LogP contribution in [0.1, 0.15) is 40.5 Å². The Hall–Kier alpha value is -2.86. The second-order valence-electron chi connectivity index (χ2n) is 10.6. The molecule has 2 N–H and O–H groups in total. The van der Waals surface area contributed by atoms with Gasteiger partial charge in [0.25, 0.3) is 0 Å². The molecule has 0 unspecified atom stereocenters. The summed E-state index contributed by atoms with van der Waals surface area (Å²) in [7, 11) is 6.15. The maximum Gasteiger partial charge on any atom is 0.129 e. The molecule has 32 heavy (non-hydrogen) atoms. The Labute approximate surface area is 191 Å². The summed E-state index contributed by atoms with van der Waals surface area (Å²) in [5.74, 6) is 1.11. The lowest BCUT2D eigenvalue weighted by Crippen LogP contribution is -2.62. The lowest BCUT2D eigenvalue weighted by atomic mass is 9.79. The molecule has 0 radical (unpaired) electrons. The highest BCUT2D eigenvalue weighted by molar-refractivity contribution is 5.96. The number of aromatic hydroxyl groups is 1. The van der Waals surface area contributed by atoms with Crippen molar-refractivity contribution in [3.63, 3.8) is 0 Å². The number of phenols is 1. The molecule has 1 saturated heterocycles. The van der Waals surface area contributed by atoms with Gasteiger partial charge in [-0.3, -0.25) is 4.98 Å². The van der Waals surface area contributed by atoms with Crippen LogP contribution in [0.25, 0.3) is 22.2 Å². The van der Waals surface area contributed by atoms with Crippen molar-refractivity contribution in [1.29, 1.82) is 0 Å². The molecule has 1 aromatic carbocycles. The van der Waals surface area contributed by atoms with Crippen LogP contribution in [0.2, 0.25) is 0 Å². The zero-order valence-electron chi connectivity index (χ0n) is 20.3. The van der Waals surface area contributed by atoms with Gasteiger partial charge in [0.05, 0.1) is 11.2 Å². The van der Waals surface area contributed by atoms with Gasteiger partial charge in [0.1, 0.15) is 11.6 Å². The van der Waals surface area contributed by atoms with Crippen molar-refractivity contribution >= 4 is 22.4 Å². The SMILES string of the molecule is CN(C)c1ccnc2cc(O)c(-c3cccc(N(C)C4CC(C)(C)NC(C)(C)C4)n3)cc12. The van der Waals surface area contributed by atoms with Crippen molar-refractivity contribution in [1.82, 2.24) is 15.3 Å². The molecule has 4 rings (SSSR count). The molecule has 0 aliphatic carbocycles. The van der Waals surface area contributed by atoms with Crippen molar-refractivity contribution in [2.24, 2.45) is 0 Å². The molecule has 6 heteroatoms. The van der Waals surface area contributed by atoms with E-state index in [4.69, 9.17) is 4.98 Å². The van der Waals surface area contributed by atoms with Crippen LogP contribution in [-0.4, -0.2) is 53.3 Å². The number of hydrogen-bond acceptors (Lipinski definition) is 6. The van der Waals surface area contributed by atoms with Gasteiger partial charge in [-0.1, -0.05) is 6.07 Å². The zero-order chi connectivity index (χ0) is 23.3. The molecular formula is C26H35N5O. The fraction of sp³-hybridized carbons (Fsp3) is 0.462. The van der Waals surface area contributed by atoms with E-state index < -0.39 is 0 Å². The molecule has 2 aromatic heterocycles. The minimum absolute atomic E-state index is 0.0600. The first-order chi connectivity index (χ1) is 15.0. The van der Waals surface area contributed by atoms with Crippen molar-refractivity contribution in [3.05, 3.63) is 42.6 Å². The summed E-state index contributed by atoms with van der Waals surface area (Å²) in [6.45, 7) is 9.06. The number of hydrogen-bond donors (Lipinski definition) is 2. The van der Waals surface area contributed by atoms with E-state index in [-0.39, 0.29) is 16.8 Å². The highest BCUT2D eigenvalue weighted by atomic mass is 16.3. The molecular weight excluding hydrogens is 398 g/mol. The first-order valence-electron chi connectivity index (χ1n) is 11.2. The van der Waals surface area contributed by atoms with Crippen molar-refractivity contribution in [2.75, 3.05) is 30.9 Å². The smallest absolute Gasteiger partial charge is 0.129 e. The highest BCUT2D eigenvalue weighted by Gasteiger charge is 2.39. The van der Waals surface area contributed by atoms with Gasteiger partial charge < -0.3 is 20.2 Å². The number of nitrogens with one attached hydrogen (secondary N) is 1. The number of benzene rings is 1. The Kier molecular flexibility index (Phi) is 5.53. The molecule has 3 aromatic rings. The Balaban J connectivity index is 1.72. The fourth-order valence-corrected chi connectivity index (χ4v) is 5.26. The van der Waals surface area contributed by atoms with E-state index in [2.05, 4.69) is 60.9 Å². The fourth-order valence-electron chi connectivity index (χ4n) is 5.26. The molecule has 0 amide bonds. The zero-order valence-corrected chi connectivity index (χ0v) is 20.3. The minimum atomic E-state index is 0.0600. The molecule has 1 aliphatic rings. The van der Waals surface area contributed by atoms with E-state index >= 15 is 0 Å². The summed E-state index contributed by atoms with van der Waals surface area (Å²) in [5.41, 5.74) is 3.42. The number of fused-ring (bicyclic) bond motifs is 1. The van der Waals surface area contributed by atoms with Crippen LogP contribution in [0, 0.1) is 0 Å². The Morgan fingerprint density at radius 1 is 1.00 bits per heavy atom. The molecule has 170 valence electrons. The van der Waals surface area contributed by atoms with Crippen LogP contribution < -0.4 is 15.1 Å². The number of rotatable bonds is 4. The Morgan fingerprint density at radius 3 is 2.34 bits per heavy atom. The molecule has 6 nitrogen and oxygen atoms in total. The lowest BCUT2D eigenvalue weighted by Gasteiger charge is -2.49. The molecule has 3 heterocycles. The van der Waals surface area contributed by atoms with Crippen LogP contribution in [0.4, 0.5) is 11.5 Å². The Bertz CT molecular complexity index is 1120. The number of piperidine rings is 1. The number of phenolic OH excluding ortho intramolecular Hbond substituents is 1. The normalized spacial score (nSPS) is 18.0. The topological polar surface area (TPSA) is 64.5 Å². The molecule has 0 spiro atoms. The predicted molar refractivity (Wildman–Crippen MR) is 134 cm³/mol. The summed E-state index contributed by atoms with van der Waals surface area (Å²) in [4.78, 5) is 13.7. The number of nitrogens with zero attached hydrogens (tertiary/aromatic N) is 4. The minimum Gasteiger partial charge on any atom is -0.507 e. The number of aromatic nitrogens is 2. The molecule has 1 aliphatic heterocycles. The van der Waals surface area contributed by atoms with Gasteiger partial charge in [0, 0.05) is 67.2 Å². The quantitative estimate of drug-likeness (QED) is 0.615. The monoisotopic (exact) mass is 433 g/mol. The summed E-state index contributed by atoms with van der Waals surface area (Å²) >= 11 is 0. The lowest BCUT2D eigenvalue weighted by molar-refractivity contribution is 0.160. The van der Waals surface area contributed by atoms with Crippen LogP contribution in [0.15, 0.2) is 42.6 Å². The molecule has 0 saturated carbocycles. The second-order valence-corrected chi connectivity index (χ2v) is 10.6. The predicted octanol–water partition coefficient (Wildman–Crippen LogP) is 4.81. The maximum atomic E-state index is 10.8. The van der Waals surface area contributed by atoms with Crippen molar-refractivity contribution in [3.8, 4) is 17.0 Å². The van der Waals surface area contributed by atoms with E-state index in [1.165, 1.54) is 0 Å². The van der Waals surface area contributed by atoms with Crippen LogP contribution in [0.5, 0.6) is 5.75 Å². The summed E-state index contributed by atoms with van der Waals surface area (Å²) < 4.78 is 0. The number of pyridine rings is 2. The van der Waals surface area contributed by atoms with E-state index in [1.807, 2.05) is 38.4 Å². The van der Waals surface area contributed by atoms with Crippen molar-refractivity contribution in [2.45, 2.75) is 57.7 Å². The first-order valence-corrected chi connectivity index (χ1v) is 11.2. The molecule has 1 fully saturated rings. The van der Waals surface area contributed by atoms with E-state index in [0.717, 1.165) is 46.5 Å². The third-order valence-electron chi connectivity index (χ3n) is 6.41. The number of anilines is 2. The molecule has 0 bridgehead atoms. The van der Waals surface area contributed by atoms with E-state index in [0.29, 0.717) is 6.04 Å².